The van der Waals surface area contributed by atoms with E-state index in [0.29, 0.717) is 0 Å². The van der Waals surface area contributed by atoms with Crippen LogP contribution in [0.5, 0.6) is 0 Å². The molecule has 0 spiro atoms. The minimum atomic E-state index is 0.789. The molecule has 0 atom stereocenters. The number of rotatable bonds is 6. The molecule has 2 aromatic heterocycles. The molecule has 1 aliphatic rings. The van der Waals surface area contributed by atoms with Gasteiger partial charge in [-0.25, -0.2) is 0 Å². The fourth-order valence-corrected chi connectivity index (χ4v) is 4.01. The first-order chi connectivity index (χ1) is 13.1. The van der Waals surface area contributed by atoms with Crippen LogP contribution in [0.2, 0.25) is 0 Å². The Balaban J connectivity index is 1.40. The molecule has 0 unspecified atom stereocenters. The smallest absolute Gasteiger partial charge is 0.131 e. The lowest BCUT2D eigenvalue weighted by molar-refractivity contribution is 0.122. The molecule has 1 aromatic carbocycles. The van der Waals surface area contributed by atoms with E-state index in [1.807, 2.05) is 11.7 Å². The van der Waals surface area contributed by atoms with Gasteiger partial charge in [0.25, 0.3) is 0 Å². The highest BCUT2D eigenvalue weighted by molar-refractivity contribution is 5.83. The van der Waals surface area contributed by atoms with E-state index >= 15 is 0 Å². The Morgan fingerprint density at radius 1 is 1.22 bits per heavy atom. The lowest BCUT2D eigenvalue weighted by atomic mass is 10.1. The maximum absolute atomic E-state index is 5.50. The minimum absolute atomic E-state index is 0.789. The van der Waals surface area contributed by atoms with Gasteiger partial charge in [0, 0.05) is 49.3 Å². The van der Waals surface area contributed by atoms with Crippen LogP contribution in [-0.2, 0) is 24.8 Å². The fourth-order valence-electron chi connectivity index (χ4n) is 4.01. The SMILES string of the molecule is Cc1ccc2c(CCNCc3c(C)nn(C)c3N3CCOCC3)c[nH]c2c1. The van der Waals surface area contributed by atoms with E-state index in [9.17, 15) is 0 Å². The Bertz CT molecular complexity index is 920. The van der Waals surface area contributed by atoms with Crippen molar-refractivity contribution >= 4 is 16.7 Å². The highest BCUT2D eigenvalue weighted by Gasteiger charge is 2.21. The molecule has 0 saturated carbocycles. The largest absolute Gasteiger partial charge is 0.378 e. The van der Waals surface area contributed by atoms with Crippen LogP contribution in [0, 0.1) is 13.8 Å². The molecule has 0 amide bonds. The number of aromatic amines is 1. The zero-order chi connectivity index (χ0) is 18.8. The molecular formula is C21H29N5O. The van der Waals surface area contributed by atoms with E-state index < -0.39 is 0 Å². The van der Waals surface area contributed by atoms with Crippen molar-refractivity contribution in [1.82, 2.24) is 20.1 Å². The van der Waals surface area contributed by atoms with Crippen LogP contribution in [0.1, 0.15) is 22.4 Å². The van der Waals surface area contributed by atoms with E-state index in [1.54, 1.807) is 0 Å². The summed E-state index contributed by atoms with van der Waals surface area (Å²) in [6.07, 6.45) is 3.15. The first-order valence-corrected chi connectivity index (χ1v) is 9.76. The Kier molecular flexibility index (Phi) is 5.18. The van der Waals surface area contributed by atoms with Gasteiger partial charge in [-0.15, -0.1) is 0 Å². The quantitative estimate of drug-likeness (QED) is 0.658. The highest BCUT2D eigenvalue weighted by atomic mass is 16.5. The standard InChI is InChI=1S/C21H29N5O/c1-15-4-5-18-17(13-23-20(18)12-15)6-7-22-14-19-16(2)24-25(3)21(19)26-8-10-27-11-9-26/h4-5,12-13,22-23H,6-11,14H2,1-3H3. The molecule has 1 aliphatic heterocycles. The van der Waals surface area contributed by atoms with Crippen molar-refractivity contribution in [2.75, 3.05) is 37.7 Å². The molecule has 3 aromatic rings. The van der Waals surface area contributed by atoms with Crippen LogP contribution < -0.4 is 10.2 Å². The maximum Gasteiger partial charge on any atom is 0.131 e. The zero-order valence-corrected chi connectivity index (χ0v) is 16.5. The van der Waals surface area contributed by atoms with Gasteiger partial charge in [0.2, 0.25) is 0 Å². The number of nitrogens with zero attached hydrogens (tertiary/aromatic N) is 3. The first-order valence-electron chi connectivity index (χ1n) is 9.76. The number of aryl methyl sites for hydroxylation is 3. The third-order valence-corrected chi connectivity index (χ3v) is 5.42. The summed E-state index contributed by atoms with van der Waals surface area (Å²) in [4.78, 5) is 5.78. The lowest BCUT2D eigenvalue weighted by Gasteiger charge is -2.29. The van der Waals surface area contributed by atoms with Crippen molar-refractivity contribution < 1.29 is 4.74 Å². The first kappa shape index (κ1) is 18.1. The summed E-state index contributed by atoms with van der Waals surface area (Å²) in [6.45, 7) is 9.45. The fraction of sp³-hybridized carbons (Fsp3) is 0.476. The van der Waals surface area contributed by atoms with Crippen molar-refractivity contribution in [2.45, 2.75) is 26.8 Å². The molecule has 6 heteroatoms. The van der Waals surface area contributed by atoms with Crippen molar-refractivity contribution in [3.63, 3.8) is 0 Å². The van der Waals surface area contributed by atoms with E-state index in [0.717, 1.165) is 51.5 Å². The van der Waals surface area contributed by atoms with Crippen LogP contribution >= 0.6 is 0 Å². The molecule has 3 heterocycles. The van der Waals surface area contributed by atoms with Crippen LogP contribution in [0.25, 0.3) is 10.9 Å². The molecule has 0 bridgehead atoms. The van der Waals surface area contributed by atoms with E-state index in [-0.39, 0.29) is 0 Å². The second-order valence-corrected chi connectivity index (χ2v) is 7.40. The van der Waals surface area contributed by atoms with Gasteiger partial charge in [0.1, 0.15) is 5.82 Å². The summed E-state index contributed by atoms with van der Waals surface area (Å²) in [5.74, 6) is 1.23. The molecule has 0 aliphatic carbocycles. The van der Waals surface area contributed by atoms with Gasteiger partial charge in [-0.05, 0) is 44.0 Å². The van der Waals surface area contributed by atoms with Gasteiger partial charge < -0.3 is 19.9 Å². The summed E-state index contributed by atoms with van der Waals surface area (Å²) < 4.78 is 7.51. The summed E-state index contributed by atoms with van der Waals surface area (Å²) in [5.41, 5.74) is 6.29. The monoisotopic (exact) mass is 367 g/mol. The van der Waals surface area contributed by atoms with Crippen molar-refractivity contribution in [3.8, 4) is 0 Å². The second kappa shape index (κ2) is 7.74. The molecule has 6 nitrogen and oxygen atoms in total. The summed E-state index contributed by atoms with van der Waals surface area (Å²) in [7, 11) is 2.04. The van der Waals surface area contributed by atoms with E-state index in [4.69, 9.17) is 4.74 Å². The predicted octanol–water partition coefficient (Wildman–Crippen LogP) is 2.69. The number of ether oxygens (including phenoxy) is 1. The predicted molar refractivity (Wildman–Crippen MR) is 109 cm³/mol. The van der Waals surface area contributed by atoms with Gasteiger partial charge >= 0.3 is 0 Å². The van der Waals surface area contributed by atoms with Crippen LogP contribution in [0.3, 0.4) is 0 Å². The molecule has 27 heavy (non-hydrogen) atoms. The Morgan fingerprint density at radius 3 is 2.85 bits per heavy atom. The van der Waals surface area contributed by atoms with E-state index in [2.05, 4.69) is 58.5 Å². The lowest BCUT2D eigenvalue weighted by Crippen LogP contribution is -2.38. The van der Waals surface area contributed by atoms with Crippen molar-refractivity contribution in [2.24, 2.45) is 7.05 Å². The molecule has 2 N–H and O–H groups in total. The number of fused-ring (bicyclic) bond motifs is 1. The van der Waals surface area contributed by atoms with Gasteiger partial charge in [0.15, 0.2) is 0 Å². The average molecular weight is 367 g/mol. The third-order valence-electron chi connectivity index (χ3n) is 5.42. The molecule has 144 valence electrons. The number of hydrogen-bond donors (Lipinski definition) is 2. The average Bonchev–Trinajstić information content (AvgIpc) is 3.19. The van der Waals surface area contributed by atoms with Gasteiger partial charge in [0.05, 0.1) is 18.9 Å². The summed E-state index contributed by atoms with van der Waals surface area (Å²) in [5, 5.41) is 9.61. The van der Waals surface area contributed by atoms with Crippen molar-refractivity contribution in [3.05, 3.63) is 46.8 Å². The number of benzene rings is 1. The van der Waals surface area contributed by atoms with Crippen molar-refractivity contribution in [1.29, 1.82) is 0 Å². The number of H-pyrrole nitrogens is 1. The second-order valence-electron chi connectivity index (χ2n) is 7.40. The highest BCUT2D eigenvalue weighted by Crippen LogP contribution is 2.24. The van der Waals surface area contributed by atoms with Crippen LogP contribution in [0.4, 0.5) is 5.82 Å². The minimum Gasteiger partial charge on any atom is -0.378 e. The summed E-state index contributed by atoms with van der Waals surface area (Å²) in [6, 6.07) is 6.61. The van der Waals surface area contributed by atoms with Gasteiger partial charge in [-0.2, -0.15) is 5.10 Å². The molecule has 4 rings (SSSR count). The van der Waals surface area contributed by atoms with Crippen LogP contribution in [-0.4, -0.2) is 47.6 Å². The molecule has 1 fully saturated rings. The van der Waals surface area contributed by atoms with Gasteiger partial charge in [-0.1, -0.05) is 12.1 Å². The number of hydrogen-bond acceptors (Lipinski definition) is 4. The zero-order valence-electron chi connectivity index (χ0n) is 16.5. The normalized spacial score (nSPS) is 15.0. The number of nitrogens with one attached hydrogen (secondary N) is 2. The molecule has 1 saturated heterocycles. The van der Waals surface area contributed by atoms with E-state index in [1.165, 1.54) is 33.4 Å². The molecule has 0 radical (unpaired) electrons. The number of aromatic nitrogens is 3. The number of anilines is 1. The molecular weight excluding hydrogens is 338 g/mol. The Morgan fingerprint density at radius 2 is 2.04 bits per heavy atom. The number of morpholine rings is 1. The van der Waals surface area contributed by atoms with Gasteiger partial charge in [-0.3, -0.25) is 4.68 Å². The third kappa shape index (κ3) is 3.73. The summed E-state index contributed by atoms with van der Waals surface area (Å²) >= 11 is 0. The Labute approximate surface area is 160 Å². The van der Waals surface area contributed by atoms with Crippen LogP contribution in [0.15, 0.2) is 24.4 Å². The topological polar surface area (TPSA) is 58.1 Å². The Hall–Kier alpha value is -2.31. The maximum atomic E-state index is 5.50.